The number of nitrogens with one attached hydrogen (secondary N) is 3. The van der Waals surface area contributed by atoms with Gasteiger partial charge in [0.05, 0.1) is 23.3 Å². The molecule has 1 atom stereocenters. The van der Waals surface area contributed by atoms with Gasteiger partial charge in [-0.05, 0) is 36.2 Å². The summed E-state index contributed by atoms with van der Waals surface area (Å²) in [7, 11) is 1.60. The van der Waals surface area contributed by atoms with E-state index in [1.54, 1.807) is 19.3 Å². The average Bonchev–Trinajstić information content (AvgIpc) is 2.78. The maximum Gasteiger partial charge on any atom is 0.269 e. The zero-order chi connectivity index (χ0) is 21.1. The summed E-state index contributed by atoms with van der Waals surface area (Å²) in [6, 6.07) is 9.82. The molecule has 1 fully saturated rings. The van der Waals surface area contributed by atoms with E-state index in [1.165, 1.54) is 5.56 Å². The molecule has 0 radical (unpaired) electrons. The van der Waals surface area contributed by atoms with E-state index in [4.69, 9.17) is 0 Å². The Balaban J connectivity index is 1.34. The van der Waals surface area contributed by atoms with Crippen molar-refractivity contribution < 1.29 is 9.59 Å². The Morgan fingerprint density at radius 3 is 2.63 bits per heavy atom. The summed E-state index contributed by atoms with van der Waals surface area (Å²) in [5.74, 6) is -0.139. The lowest BCUT2D eigenvalue weighted by Crippen LogP contribution is -2.46. The van der Waals surface area contributed by atoms with Crippen molar-refractivity contribution in [2.45, 2.75) is 25.9 Å². The maximum absolute atomic E-state index is 12.1. The highest BCUT2D eigenvalue weighted by atomic mass is 16.2. The molecule has 1 saturated heterocycles. The number of piperazine rings is 1. The minimum Gasteiger partial charge on any atom is -0.372 e. The summed E-state index contributed by atoms with van der Waals surface area (Å²) in [5, 5.41) is 8.91. The summed E-state index contributed by atoms with van der Waals surface area (Å²) in [4.78, 5) is 32.7. The number of rotatable bonds is 5. The van der Waals surface area contributed by atoms with Gasteiger partial charge < -0.3 is 20.9 Å². The van der Waals surface area contributed by atoms with Crippen molar-refractivity contribution >= 4 is 28.9 Å². The van der Waals surface area contributed by atoms with Gasteiger partial charge in [0, 0.05) is 39.8 Å². The third kappa shape index (κ3) is 4.23. The number of carbonyl (C=O) groups is 2. The molecular formula is C22H28N6O2. The van der Waals surface area contributed by atoms with Crippen LogP contribution in [-0.2, 0) is 11.3 Å². The molecule has 2 amide bonds. The van der Waals surface area contributed by atoms with Crippen LogP contribution in [0.4, 0.5) is 17.1 Å². The van der Waals surface area contributed by atoms with E-state index in [1.807, 2.05) is 13.0 Å². The molecule has 2 aliphatic rings. The van der Waals surface area contributed by atoms with Crippen LogP contribution in [0.1, 0.15) is 29.4 Å². The largest absolute Gasteiger partial charge is 0.372 e. The average molecular weight is 409 g/mol. The predicted octanol–water partition coefficient (Wildman–Crippen LogP) is 1.91. The topological polar surface area (TPSA) is 89.6 Å². The molecule has 0 saturated carbocycles. The molecule has 1 unspecified atom stereocenters. The van der Waals surface area contributed by atoms with E-state index < -0.39 is 0 Å². The first kappa shape index (κ1) is 20.2. The quantitative estimate of drug-likeness (QED) is 0.700. The fraction of sp³-hybridized carbons (Fsp3) is 0.409. The van der Waals surface area contributed by atoms with E-state index in [9.17, 15) is 9.59 Å². The Bertz CT molecular complexity index is 922. The Morgan fingerprint density at radius 1 is 1.17 bits per heavy atom. The molecule has 3 N–H and O–H groups in total. The molecule has 3 heterocycles. The van der Waals surface area contributed by atoms with Crippen LogP contribution in [0, 0.1) is 0 Å². The Hall–Kier alpha value is -3.13. The van der Waals surface area contributed by atoms with Gasteiger partial charge >= 0.3 is 0 Å². The normalized spacial score (nSPS) is 18.9. The zero-order valence-corrected chi connectivity index (χ0v) is 17.4. The van der Waals surface area contributed by atoms with E-state index in [0.29, 0.717) is 5.69 Å². The number of hydrogen-bond donors (Lipinski definition) is 3. The molecule has 0 aliphatic carbocycles. The molecule has 30 heavy (non-hydrogen) atoms. The second kappa shape index (κ2) is 8.71. The summed E-state index contributed by atoms with van der Waals surface area (Å²) in [6.07, 6.45) is 2.53. The second-order valence-electron chi connectivity index (χ2n) is 7.72. The van der Waals surface area contributed by atoms with Gasteiger partial charge in [0.15, 0.2) is 0 Å². The molecule has 0 spiro atoms. The van der Waals surface area contributed by atoms with Gasteiger partial charge in [-0.2, -0.15) is 0 Å². The van der Waals surface area contributed by atoms with Crippen LogP contribution in [0.15, 0.2) is 36.5 Å². The fourth-order valence-corrected chi connectivity index (χ4v) is 3.94. The molecule has 4 rings (SSSR count). The van der Waals surface area contributed by atoms with Gasteiger partial charge in [0.25, 0.3) is 5.91 Å². The third-order valence-electron chi connectivity index (χ3n) is 5.75. The van der Waals surface area contributed by atoms with Crippen LogP contribution in [0.25, 0.3) is 0 Å². The highest BCUT2D eigenvalue weighted by Crippen LogP contribution is 2.29. The SMILES string of the molecule is CCC1Nc2ccc(CN3CCN(c4ccc(C(=O)NC)nc4)CC3)cc2NC1=O. The molecule has 8 nitrogen and oxygen atoms in total. The Morgan fingerprint density at radius 2 is 1.97 bits per heavy atom. The van der Waals surface area contributed by atoms with Crippen LogP contribution in [-0.4, -0.2) is 61.0 Å². The number of nitrogens with zero attached hydrogens (tertiary/aromatic N) is 3. The maximum atomic E-state index is 12.1. The number of carbonyl (C=O) groups excluding carboxylic acids is 2. The van der Waals surface area contributed by atoms with Crippen molar-refractivity contribution in [2.75, 3.05) is 48.8 Å². The lowest BCUT2D eigenvalue weighted by atomic mass is 10.1. The lowest BCUT2D eigenvalue weighted by Gasteiger charge is -2.36. The standard InChI is InChI=1S/C22H28N6O2/c1-3-17-22(30)26-20-12-15(4-6-18(20)25-17)14-27-8-10-28(11-9-27)16-5-7-19(24-13-16)21(29)23-2/h4-7,12-13,17,25H,3,8-11,14H2,1-2H3,(H,23,29)(H,26,30). The molecular weight excluding hydrogens is 380 g/mol. The number of amides is 2. The van der Waals surface area contributed by atoms with E-state index in [0.717, 1.165) is 56.2 Å². The van der Waals surface area contributed by atoms with Gasteiger partial charge in [-0.15, -0.1) is 0 Å². The summed E-state index contributed by atoms with van der Waals surface area (Å²) in [6.45, 7) is 6.54. The monoisotopic (exact) mass is 408 g/mol. The first-order chi connectivity index (χ1) is 14.6. The molecule has 2 aromatic rings. The second-order valence-corrected chi connectivity index (χ2v) is 7.72. The van der Waals surface area contributed by atoms with Gasteiger partial charge in [-0.25, -0.2) is 4.98 Å². The number of pyridine rings is 1. The number of fused-ring (bicyclic) bond motifs is 1. The molecule has 158 valence electrons. The smallest absolute Gasteiger partial charge is 0.269 e. The Labute approximate surface area is 176 Å². The molecule has 8 heteroatoms. The van der Waals surface area contributed by atoms with Crippen LogP contribution in [0.5, 0.6) is 0 Å². The van der Waals surface area contributed by atoms with Crippen molar-refractivity contribution in [3.05, 3.63) is 47.8 Å². The van der Waals surface area contributed by atoms with Gasteiger partial charge in [0.2, 0.25) is 5.91 Å². The highest BCUT2D eigenvalue weighted by molar-refractivity contribution is 6.03. The van der Waals surface area contributed by atoms with Crippen molar-refractivity contribution in [1.82, 2.24) is 15.2 Å². The summed E-state index contributed by atoms with van der Waals surface area (Å²) < 4.78 is 0. The van der Waals surface area contributed by atoms with Crippen LogP contribution in [0.2, 0.25) is 0 Å². The Kier molecular flexibility index (Phi) is 5.85. The molecule has 0 bridgehead atoms. The predicted molar refractivity (Wildman–Crippen MR) is 118 cm³/mol. The number of aromatic nitrogens is 1. The minimum absolute atomic E-state index is 0.0341. The highest BCUT2D eigenvalue weighted by Gasteiger charge is 2.24. The number of benzene rings is 1. The minimum atomic E-state index is -0.173. The molecule has 1 aromatic heterocycles. The van der Waals surface area contributed by atoms with Gasteiger partial charge in [-0.1, -0.05) is 13.0 Å². The van der Waals surface area contributed by atoms with Crippen molar-refractivity contribution in [2.24, 2.45) is 0 Å². The zero-order valence-electron chi connectivity index (χ0n) is 17.4. The third-order valence-corrected chi connectivity index (χ3v) is 5.75. The van der Waals surface area contributed by atoms with Crippen molar-refractivity contribution in [3.8, 4) is 0 Å². The van der Waals surface area contributed by atoms with Crippen molar-refractivity contribution in [1.29, 1.82) is 0 Å². The van der Waals surface area contributed by atoms with Crippen LogP contribution >= 0.6 is 0 Å². The van der Waals surface area contributed by atoms with Gasteiger partial charge in [0.1, 0.15) is 11.7 Å². The van der Waals surface area contributed by atoms with Crippen LogP contribution < -0.4 is 20.9 Å². The molecule has 2 aliphatic heterocycles. The van der Waals surface area contributed by atoms with Crippen molar-refractivity contribution in [3.63, 3.8) is 0 Å². The number of anilines is 3. The van der Waals surface area contributed by atoms with E-state index >= 15 is 0 Å². The fourth-order valence-electron chi connectivity index (χ4n) is 3.94. The molecule has 1 aromatic carbocycles. The summed E-state index contributed by atoms with van der Waals surface area (Å²) in [5.41, 5.74) is 4.51. The lowest BCUT2D eigenvalue weighted by molar-refractivity contribution is -0.117. The summed E-state index contributed by atoms with van der Waals surface area (Å²) >= 11 is 0. The van der Waals surface area contributed by atoms with Gasteiger partial charge in [-0.3, -0.25) is 14.5 Å². The number of hydrogen-bond acceptors (Lipinski definition) is 6. The first-order valence-electron chi connectivity index (χ1n) is 10.4. The van der Waals surface area contributed by atoms with E-state index in [2.05, 4.69) is 48.9 Å². The van der Waals surface area contributed by atoms with Crippen LogP contribution in [0.3, 0.4) is 0 Å². The van der Waals surface area contributed by atoms with E-state index in [-0.39, 0.29) is 17.9 Å². The first-order valence-corrected chi connectivity index (χ1v) is 10.4.